The number of nitrogens with one attached hydrogen (secondary N) is 2. The van der Waals surface area contributed by atoms with Crippen LogP contribution < -0.4 is 10.6 Å². The Hall–Kier alpha value is -3.25. The van der Waals surface area contributed by atoms with Gasteiger partial charge in [0.05, 0.1) is 5.56 Å². The maximum atomic E-state index is 14.2. The minimum atomic E-state index is -0.216. The molecule has 1 heterocycles. The Morgan fingerprint density at radius 2 is 1.83 bits per heavy atom. The summed E-state index contributed by atoms with van der Waals surface area (Å²) in [6.45, 7) is 3.00. The van der Waals surface area contributed by atoms with E-state index in [2.05, 4.69) is 15.6 Å². The zero-order valence-corrected chi connectivity index (χ0v) is 16.9. The second-order valence-corrected chi connectivity index (χ2v) is 7.27. The monoisotopic (exact) mass is 392 g/mol. The number of carbonyl (C=O) groups excluding carboxylic acids is 1. The molecule has 150 valence electrons. The summed E-state index contributed by atoms with van der Waals surface area (Å²) in [5.41, 5.74) is 3.83. The first-order valence-corrected chi connectivity index (χ1v) is 9.40. The molecule has 2 aromatic carbocycles. The van der Waals surface area contributed by atoms with Gasteiger partial charge in [0.25, 0.3) is 5.91 Å². The van der Waals surface area contributed by atoms with Crippen molar-refractivity contribution in [3.8, 4) is 0 Å². The molecule has 1 aromatic heterocycles. The average Bonchev–Trinajstić information content (AvgIpc) is 2.70. The van der Waals surface area contributed by atoms with E-state index in [1.54, 1.807) is 18.2 Å². The van der Waals surface area contributed by atoms with Gasteiger partial charge in [-0.2, -0.15) is 0 Å². The summed E-state index contributed by atoms with van der Waals surface area (Å²) in [6, 6.07) is 16.3. The molecule has 0 bridgehead atoms. The Labute approximate surface area is 170 Å². The van der Waals surface area contributed by atoms with Gasteiger partial charge in [-0.25, -0.2) is 9.37 Å². The van der Waals surface area contributed by atoms with Gasteiger partial charge in [0.15, 0.2) is 0 Å². The highest BCUT2D eigenvalue weighted by molar-refractivity contribution is 6.04. The smallest absolute Gasteiger partial charge is 0.257 e. The van der Waals surface area contributed by atoms with E-state index in [0.29, 0.717) is 30.0 Å². The molecular weight excluding hydrogens is 367 g/mol. The van der Waals surface area contributed by atoms with Crippen LogP contribution in [0.1, 0.15) is 27.0 Å². The van der Waals surface area contributed by atoms with Gasteiger partial charge in [0, 0.05) is 30.5 Å². The highest BCUT2D eigenvalue weighted by Gasteiger charge is 2.08. The van der Waals surface area contributed by atoms with Crippen LogP contribution in [0.4, 0.5) is 15.9 Å². The molecule has 0 unspecified atom stereocenters. The quantitative estimate of drug-likeness (QED) is 0.624. The third-order valence-electron chi connectivity index (χ3n) is 4.41. The van der Waals surface area contributed by atoms with E-state index >= 15 is 0 Å². The van der Waals surface area contributed by atoms with Crippen molar-refractivity contribution in [1.29, 1.82) is 0 Å². The van der Waals surface area contributed by atoms with Crippen LogP contribution in [0.2, 0.25) is 0 Å². The molecule has 0 aliphatic carbocycles. The van der Waals surface area contributed by atoms with E-state index in [-0.39, 0.29) is 11.7 Å². The predicted molar refractivity (Wildman–Crippen MR) is 114 cm³/mol. The van der Waals surface area contributed by atoms with Gasteiger partial charge in [0.2, 0.25) is 0 Å². The molecule has 2 N–H and O–H groups in total. The Bertz CT molecular complexity index is 969. The van der Waals surface area contributed by atoms with E-state index in [4.69, 9.17) is 0 Å². The summed E-state index contributed by atoms with van der Waals surface area (Å²) >= 11 is 0. The standard InChI is InChI=1S/C23H25FN4O/c1-16-4-9-20(10-5-16)27-23(29)18-8-11-22(26-14-18)25-13-17-6-7-19(15-28(2)3)21(24)12-17/h4-12,14H,13,15H2,1-3H3,(H,25,26)(H,27,29). The van der Waals surface area contributed by atoms with Crippen molar-refractivity contribution in [2.45, 2.75) is 20.0 Å². The molecular formula is C23H25FN4O. The summed E-state index contributed by atoms with van der Waals surface area (Å²) < 4.78 is 14.2. The topological polar surface area (TPSA) is 57.3 Å². The van der Waals surface area contributed by atoms with Crippen molar-refractivity contribution in [2.75, 3.05) is 24.7 Å². The Balaban J connectivity index is 1.57. The Morgan fingerprint density at radius 3 is 2.45 bits per heavy atom. The minimum Gasteiger partial charge on any atom is -0.366 e. The highest BCUT2D eigenvalue weighted by atomic mass is 19.1. The third kappa shape index (κ3) is 5.86. The van der Waals surface area contributed by atoms with Crippen LogP contribution in [0, 0.1) is 12.7 Å². The molecule has 29 heavy (non-hydrogen) atoms. The lowest BCUT2D eigenvalue weighted by Gasteiger charge is -2.12. The fourth-order valence-electron chi connectivity index (χ4n) is 2.84. The lowest BCUT2D eigenvalue weighted by atomic mass is 10.1. The second kappa shape index (κ2) is 9.30. The number of nitrogens with zero attached hydrogens (tertiary/aromatic N) is 2. The fraction of sp³-hybridized carbons (Fsp3) is 0.217. The van der Waals surface area contributed by atoms with Crippen molar-refractivity contribution in [3.05, 3.63) is 88.9 Å². The number of aromatic nitrogens is 1. The third-order valence-corrected chi connectivity index (χ3v) is 4.41. The van der Waals surface area contributed by atoms with Crippen molar-refractivity contribution in [3.63, 3.8) is 0 Å². The molecule has 3 rings (SSSR count). The number of amides is 1. The van der Waals surface area contributed by atoms with Crippen molar-refractivity contribution < 1.29 is 9.18 Å². The van der Waals surface area contributed by atoms with Crippen LogP contribution in [0.3, 0.4) is 0 Å². The molecule has 0 atom stereocenters. The minimum absolute atomic E-state index is 0.214. The summed E-state index contributed by atoms with van der Waals surface area (Å²) in [6.07, 6.45) is 1.52. The number of carbonyl (C=O) groups is 1. The molecule has 0 radical (unpaired) electrons. The van der Waals surface area contributed by atoms with E-state index in [1.165, 1.54) is 12.3 Å². The molecule has 0 aliphatic rings. The molecule has 0 spiro atoms. The van der Waals surface area contributed by atoms with Crippen LogP contribution in [0.5, 0.6) is 0 Å². The van der Waals surface area contributed by atoms with Gasteiger partial charge in [-0.1, -0.05) is 29.8 Å². The zero-order chi connectivity index (χ0) is 20.8. The van der Waals surface area contributed by atoms with E-state index in [1.807, 2.05) is 56.3 Å². The molecule has 0 saturated heterocycles. The number of halogens is 1. The van der Waals surface area contributed by atoms with Crippen LogP contribution >= 0.6 is 0 Å². The second-order valence-electron chi connectivity index (χ2n) is 7.27. The first-order valence-electron chi connectivity index (χ1n) is 9.40. The van der Waals surface area contributed by atoms with Crippen LogP contribution in [0.15, 0.2) is 60.8 Å². The predicted octanol–water partition coefficient (Wildman–Crippen LogP) is 4.46. The summed E-state index contributed by atoms with van der Waals surface area (Å²) in [5.74, 6) is 0.190. The molecule has 0 fully saturated rings. The van der Waals surface area contributed by atoms with Crippen molar-refractivity contribution in [1.82, 2.24) is 9.88 Å². The fourth-order valence-corrected chi connectivity index (χ4v) is 2.84. The lowest BCUT2D eigenvalue weighted by Crippen LogP contribution is -2.13. The number of rotatable bonds is 7. The first-order chi connectivity index (χ1) is 13.9. The SMILES string of the molecule is Cc1ccc(NC(=O)c2ccc(NCc3ccc(CN(C)C)c(F)c3)nc2)cc1. The lowest BCUT2D eigenvalue weighted by molar-refractivity contribution is 0.102. The van der Waals surface area contributed by atoms with Gasteiger partial charge in [-0.3, -0.25) is 4.79 Å². The number of anilines is 2. The van der Waals surface area contributed by atoms with Gasteiger partial charge in [0.1, 0.15) is 11.6 Å². The summed E-state index contributed by atoms with van der Waals surface area (Å²) in [5, 5.41) is 5.99. The van der Waals surface area contributed by atoms with Crippen LogP contribution in [-0.2, 0) is 13.1 Å². The van der Waals surface area contributed by atoms with E-state index in [9.17, 15) is 9.18 Å². The summed E-state index contributed by atoms with van der Waals surface area (Å²) in [7, 11) is 3.82. The van der Waals surface area contributed by atoms with Gasteiger partial charge in [-0.05, 0) is 56.9 Å². The van der Waals surface area contributed by atoms with Crippen molar-refractivity contribution in [2.24, 2.45) is 0 Å². The number of pyridine rings is 1. The van der Waals surface area contributed by atoms with Crippen molar-refractivity contribution >= 4 is 17.4 Å². The molecule has 0 saturated carbocycles. The number of hydrogen-bond acceptors (Lipinski definition) is 4. The average molecular weight is 392 g/mol. The molecule has 5 nitrogen and oxygen atoms in total. The number of benzene rings is 2. The molecule has 3 aromatic rings. The van der Waals surface area contributed by atoms with Crippen LogP contribution in [0.25, 0.3) is 0 Å². The van der Waals surface area contributed by atoms with Gasteiger partial charge < -0.3 is 15.5 Å². The van der Waals surface area contributed by atoms with E-state index < -0.39 is 0 Å². The molecule has 6 heteroatoms. The maximum absolute atomic E-state index is 14.2. The maximum Gasteiger partial charge on any atom is 0.257 e. The zero-order valence-electron chi connectivity index (χ0n) is 16.9. The van der Waals surface area contributed by atoms with Crippen LogP contribution in [-0.4, -0.2) is 29.9 Å². The molecule has 1 amide bonds. The molecule has 0 aliphatic heterocycles. The first kappa shape index (κ1) is 20.5. The summed E-state index contributed by atoms with van der Waals surface area (Å²) in [4.78, 5) is 18.5. The van der Waals surface area contributed by atoms with Gasteiger partial charge >= 0.3 is 0 Å². The largest absolute Gasteiger partial charge is 0.366 e. The van der Waals surface area contributed by atoms with Gasteiger partial charge in [-0.15, -0.1) is 0 Å². The van der Waals surface area contributed by atoms with E-state index in [0.717, 1.165) is 16.8 Å². The Kier molecular flexibility index (Phi) is 6.57. The normalized spacial score (nSPS) is 10.8. The highest BCUT2D eigenvalue weighted by Crippen LogP contribution is 2.15. The number of aryl methyl sites for hydroxylation is 1. The number of hydrogen-bond donors (Lipinski definition) is 2. The Morgan fingerprint density at radius 1 is 1.07 bits per heavy atom.